The summed E-state index contributed by atoms with van der Waals surface area (Å²) in [5, 5.41) is 0.699. The number of hydrogen-bond acceptors (Lipinski definition) is 2. The Hall–Kier alpha value is -3.33. The van der Waals surface area contributed by atoms with Gasteiger partial charge in [0.1, 0.15) is 11.5 Å². The molecule has 4 aromatic rings. The number of para-hydroxylation sites is 2. The van der Waals surface area contributed by atoms with Crippen molar-refractivity contribution in [2.24, 2.45) is 0 Å². The van der Waals surface area contributed by atoms with Crippen LogP contribution in [-0.4, -0.2) is 4.98 Å². The molecule has 0 unspecified atom stereocenters. The van der Waals surface area contributed by atoms with Gasteiger partial charge in [0.05, 0.1) is 0 Å². The van der Waals surface area contributed by atoms with Crippen LogP contribution < -0.4 is 10.2 Å². The Morgan fingerprint density at radius 3 is 2.17 bits per heavy atom. The lowest BCUT2D eigenvalue weighted by Crippen LogP contribution is -2.02. The summed E-state index contributed by atoms with van der Waals surface area (Å²) in [5.74, 6) is 1.55. The Labute approximate surface area is 139 Å². The number of fused-ring (bicyclic) bond motifs is 1. The molecule has 4 rings (SSSR count). The second kappa shape index (κ2) is 6.05. The third kappa shape index (κ3) is 2.79. The van der Waals surface area contributed by atoms with E-state index in [1.807, 2.05) is 78.9 Å². The van der Waals surface area contributed by atoms with Crippen molar-refractivity contribution in [3.8, 4) is 22.8 Å². The zero-order valence-electron chi connectivity index (χ0n) is 12.9. The fraction of sp³-hybridized carbons (Fsp3) is 0. The summed E-state index contributed by atoms with van der Waals surface area (Å²) < 4.78 is 5.79. The average molecular weight is 313 g/mol. The van der Waals surface area contributed by atoms with Crippen molar-refractivity contribution in [1.82, 2.24) is 4.98 Å². The van der Waals surface area contributed by atoms with Crippen LogP contribution in [0.3, 0.4) is 0 Å². The van der Waals surface area contributed by atoms with Crippen LogP contribution in [0.15, 0.2) is 89.7 Å². The van der Waals surface area contributed by atoms with Crippen LogP contribution in [0, 0.1) is 0 Å². The average Bonchev–Trinajstić information content (AvgIpc) is 2.63. The molecule has 0 aliphatic heterocycles. The molecule has 0 bridgehead atoms. The van der Waals surface area contributed by atoms with Gasteiger partial charge in [-0.05, 0) is 54.1 Å². The van der Waals surface area contributed by atoms with Crippen LogP contribution in [0.1, 0.15) is 0 Å². The van der Waals surface area contributed by atoms with Crippen molar-refractivity contribution in [1.29, 1.82) is 0 Å². The highest BCUT2D eigenvalue weighted by molar-refractivity contribution is 5.81. The molecule has 3 nitrogen and oxygen atoms in total. The SMILES string of the molecule is O=c1cc(-c2ccc(Oc3ccccc3)cc2)[nH]c2ccccc12. The van der Waals surface area contributed by atoms with E-state index in [9.17, 15) is 4.79 Å². The second-order valence-electron chi connectivity index (χ2n) is 5.53. The molecule has 3 aromatic carbocycles. The summed E-state index contributed by atoms with van der Waals surface area (Å²) in [4.78, 5) is 15.5. The van der Waals surface area contributed by atoms with Gasteiger partial charge in [-0.3, -0.25) is 4.79 Å². The van der Waals surface area contributed by atoms with Crippen molar-refractivity contribution in [3.05, 3.63) is 95.2 Å². The van der Waals surface area contributed by atoms with Crippen molar-refractivity contribution >= 4 is 10.9 Å². The third-order valence-corrected chi connectivity index (χ3v) is 3.88. The molecule has 1 N–H and O–H groups in total. The molecule has 24 heavy (non-hydrogen) atoms. The lowest BCUT2D eigenvalue weighted by molar-refractivity contribution is 0.483. The van der Waals surface area contributed by atoms with Gasteiger partial charge < -0.3 is 9.72 Å². The molecule has 0 spiro atoms. The lowest BCUT2D eigenvalue weighted by Gasteiger charge is -2.08. The number of nitrogens with one attached hydrogen (secondary N) is 1. The van der Waals surface area contributed by atoms with Crippen LogP contribution >= 0.6 is 0 Å². The van der Waals surface area contributed by atoms with Gasteiger partial charge in [-0.15, -0.1) is 0 Å². The predicted octanol–water partition coefficient (Wildman–Crippen LogP) is 4.99. The fourth-order valence-electron chi connectivity index (χ4n) is 2.68. The molecule has 3 heteroatoms. The minimum Gasteiger partial charge on any atom is -0.457 e. The van der Waals surface area contributed by atoms with Crippen molar-refractivity contribution in [3.63, 3.8) is 0 Å². The molecule has 116 valence electrons. The molecule has 0 amide bonds. The van der Waals surface area contributed by atoms with E-state index in [4.69, 9.17) is 4.74 Å². The number of aromatic amines is 1. The minimum atomic E-state index is 0.0176. The Balaban J connectivity index is 1.67. The first-order valence-electron chi connectivity index (χ1n) is 7.75. The summed E-state index contributed by atoms with van der Waals surface area (Å²) in [7, 11) is 0. The number of hydrogen-bond donors (Lipinski definition) is 1. The smallest absolute Gasteiger partial charge is 0.190 e. The molecule has 0 radical (unpaired) electrons. The van der Waals surface area contributed by atoms with Crippen LogP contribution in [0.5, 0.6) is 11.5 Å². The fourth-order valence-corrected chi connectivity index (χ4v) is 2.68. The molecule has 0 fully saturated rings. The Morgan fingerprint density at radius 1 is 0.708 bits per heavy atom. The summed E-state index contributed by atoms with van der Waals surface area (Å²) >= 11 is 0. The number of aromatic nitrogens is 1. The van der Waals surface area contributed by atoms with Gasteiger partial charge in [-0.25, -0.2) is 0 Å². The number of ether oxygens (including phenoxy) is 1. The van der Waals surface area contributed by atoms with E-state index in [1.54, 1.807) is 6.07 Å². The summed E-state index contributed by atoms with van der Waals surface area (Å²) in [5.41, 5.74) is 2.59. The van der Waals surface area contributed by atoms with Gasteiger partial charge in [-0.2, -0.15) is 0 Å². The predicted molar refractivity (Wildman–Crippen MR) is 96.5 cm³/mol. The third-order valence-electron chi connectivity index (χ3n) is 3.88. The summed E-state index contributed by atoms with van der Waals surface area (Å²) in [6, 6.07) is 26.5. The molecule has 0 saturated heterocycles. The zero-order valence-corrected chi connectivity index (χ0v) is 12.9. The van der Waals surface area contributed by atoms with Gasteiger partial charge in [0.15, 0.2) is 5.43 Å². The van der Waals surface area contributed by atoms with E-state index < -0.39 is 0 Å². The first-order valence-corrected chi connectivity index (χ1v) is 7.75. The highest BCUT2D eigenvalue weighted by Gasteiger charge is 2.04. The summed E-state index contributed by atoms with van der Waals surface area (Å²) in [6.45, 7) is 0. The minimum absolute atomic E-state index is 0.0176. The Morgan fingerprint density at radius 2 is 1.38 bits per heavy atom. The lowest BCUT2D eigenvalue weighted by atomic mass is 10.1. The Kier molecular flexibility index (Phi) is 3.60. The maximum atomic E-state index is 12.2. The first-order chi connectivity index (χ1) is 11.8. The highest BCUT2D eigenvalue weighted by atomic mass is 16.5. The van der Waals surface area contributed by atoms with Gasteiger partial charge in [-0.1, -0.05) is 30.3 Å². The molecule has 1 aromatic heterocycles. The normalized spacial score (nSPS) is 10.7. The maximum Gasteiger partial charge on any atom is 0.190 e. The van der Waals surface area contributed by atoms with E-state index in [0.29, 0.717) is 5.39 Å². The number of benzene rings is 3. The molecular formula is C21H15NO2. The van der Waals surface area contributed by atoms with E-state index >= 15 is 0 Å². The molecule has 0 aliphatic carbocycles. The van der Waals surface area contributed by atoms with Crippen molar-refractivity contribution < 1.29 is 4.74 Å². The number of pyridine rings is 1. The monoisotopic (exact) mass is 313 g/mol. The van der Waals surface area contributed by atoms with E-state index in [-0.39, 0.29) is 5.43 Å². The topological polar surface area (TPSA) is 42.1 Å². The van der Waals surface area contributed by atoms with Crippen molar-refractivity contribution in [2.45, 2.75) is 0 Å². The molecule has 0 saturated carbocycles. The molecule has 0 atom stereocenters. The van der Waals surface area contributed by atoms with Crippen LogP contribution in [-0.2, 0) is 0 Å². The van der Waals surface area contributed by atoms with Crippen LogP contribution in [0.4, 0.5) is 0 Å². The van der Waals surface area contributed by atoms with Gasteiger partial charge in [0, 0.05) is 22.7 Å². The van der Waals surface area contributed by atoms with Crippen molar-refractivity contribution in [2.75, 3.05) is 0 Å². The van der Waals surface area contributed by atoms with E-state index in [2.05, 4.69) is 4.98 Å². The quantitative estimate of drug-likeness (QED) is 0.579. The zero-order chi connectivity index (χ0) is 16.4. The number of rotatable bonds is 3. The van der Waals surface area contributed by atoms with Crippen LogP contribution in [0.25, 0.3) is 22.2 Å². The molecule has 1 heterocycles. The van der Waals surface area contributed by atoms with Gasteiger partial charge >= 0.3 is 0 Å². The second-order valence-corrected chi connectivity index (χ2v) is 5.53. The first kappa shape index (κ1) is 14.3. The largest absolute Gasteiger partial charge is 0.457 e. The van der Waals surface area contributed by atoms with Gasteiger partial charge in [0.2, 0.25) is 0 Å². The van der Waals surface area contributed by atoms with E-state index in [0.717, 1.165) is 28.3 Å². The summed E-state index contributed by atoms with van der Waals surface area (Å²) in [6.07, 6.45) is 0. The standard InChI is InChI=1S/C21H15NO2/c23-21-14-20(22-19-9-5-4-8-18(19)21)15-10-12-17(13-11-15)24-16-6-2-1-3-7-16/h1-14H,(H,22,23). The number of H-pyrrole nitrogens is 1. The Bertz CT molecular complexity index is 1030. The maximum absolute atomic E-state index is 12.2. The van der Waals surface area contributed by atoms with Gasteiger partial charge in [0.25, 0.3) is 0 Å². The molecule has 0 aliphatic rings. The molecular weight excluding hydrogens is 298 g/mol. The van der Waals surface area contributed by atoms with E-state index in [1.165, 1.54) is 0 Å². The van der Waals surface area contributed by atoms with Crippen LogP contribution in [0.2, 0.25) is 0 Å². The highest BCUT2D eigenvalue weighted by Crippen LogP contribution is 2.25.